The highest BCUT2D eigenvalue weighted by atomic mass is 32.1. The molecular weight excluding hydrogens is 306 g/mol. The minimum absolute atomic E-state index is 0.193. The first-order valence-corrected chi connectivity index (χ1v) is 9.45. The Hall–Kier alpha value is -1.17. The van der Waals surface area contributed by atoms with E-state index in [1.54, 1.807) is 4.88 Å². The van der Waals surface area contributed by atoms with Gasteiger partial charge in [-0.25, -0.2) is 4.98 Å². The second-order valence-electron chi connectivity index (χ2n) is 6.57. The van der Waals surface area contributed by atoms with Gasteiger partial charge in [-0.1, -0.05) is 19.3 Å². The summed E-state index contributed by atoms with van der Waals surface area (Å²) in [5.74, 6) is 0.783. The maximum absolute atomic E-state index is 9.36. The van der Waals surface area contributed by atoms with Crippen LogP contribution in [-0.4, -0.2) is 32.7 Å². The van der Waals surface area contributed by atoms with Crippen molar-refractivity contribution >= 4 is 11.3 Å². The molecule has 0 amide bonds. The molecule has 0 aliphatic heterocycles. The predicted octanol–water partition coefficient (Wildman–Crippen LogP) is 3.52. The fraction of sp³-hybridized carbons (Fsp3) is 0.611. The van der Waals surface area contributed by atoms with Gasteiger partial charge in [-0.2, -0.15) is 0 Å². The maximum Gasteiger partial charge on any atom is 0.0945 e. The molecule has 0 radical (unpaired) electrons. The normalized spacial score (nSPS) is 16.3. The Kier molecular flexibility index (Phi) is 5.86. The lowest BCUT2D eigenvalue weighted by Crippen LogP contribution is -2.26. The molecule has 2 heterocycles. The van der Waals surface area contributed by atoms with Crippen LogP contribution in [0.15, 0.2) is 24.7 Å². The van der Waals surface area contributed by atoms with E-state index in [0.717, 1.165) is 19.0 Å². The summed E-state index contributed by atoms with van der Waals surface area (Å²) in [5.41, 5.74) is 1.18. The number of hydrogen-bond acceptors (Lipinski definition) is 4. The van der Waals surface area contributed by atoms with Gasteiger partial charge in [0.2, 0.25) is 0 Å². The molecule has 1 saturated carbocycles. The monoisotopic (exact) mass is 333 g/mol. The number of aliphatic hydroxyl groups is 1. The molecule has 126 valence electrons. The van der Waals surface area contributed by atoms with Crippen molar-refractivity contribution in [3.05, 3.63) is 40.1 Å². The highest BCUT2D eigenvalue weighted by Crippen LogP contribution is 2.36. The SMILES string of the molecule is Cn1cncc1CN(CCO)Cc1ccc(C2CCCCC2)s1. The van der Waals surface area contributed by atoms with Crippen LogP contribution in [0.3, 0.4) is 0 Å². The first-order valence-electron chi connectivity index (χ1n) is 8.63. The number of aliphatic hydroxyl groups excluding tert-OH is 1. The molecule has 5 heteroatoms. The number of aromatic nitrogens is 2. The molecule has 3 rings (SSSR count). The lowest BCUT2D eigenvalue weighted by Gasteiger charge is -2.21. The highest BCUT2D eigenvalue weighted by molar-refractivity contribution is 7.12. The number of thiophene rings is 1. The van der Waals surface area contributed by atoms with Crippen LogP contribution in [0.2, 0.25) is 0 Å². The predicted molar refractivity (Wildman–Crippen MR) is 94.6 cm³/mol. The van der Waals surface area contributed by atoms with E-state index in [1.165, 1.54) is 42.7 Å². The molecule has 0 bridgehead atoms. The molecule has 23 heavy (non-hydrogen) atoms. The van der Waals surface area contributed by atoms with Gasteiger partial charge in [0, 0.05) is 42.6 Å². The Bertz CT molecular complexity index is 601. The van der Waals surface area contributed by atoms with Crippen molar-refractivity contribution in [3.8, 4) is 0 Å². The van der Waals surface area contributed by atoms with Gasteiger partial charge >= 0.3 is 0 Å². The largest absolute Gasteiger partial charge is 0.395 e. The van der Waals surface area contributed by atoms with Gasteiger partial charge < -0.3 is 9.67 Å². The van der Waals surface area contributed by atoms with Crippen LogP contribution in [0.5, 0.6) is 0 Å². The smallest absolute Gasteiger partial charge is 0.0945 e. The van der Waals surface area contributed by atoms with Crippen molar-refractivity contribution in [3.63, 3.8) is 0 Å². The van der Waals surface area contributed by atoms with Crippen LogP contribution >= 0.6 is 11.3 Å². The maximum atomic E-state index is 9.36. The summed E-state index contributed by atoms with van der Waals surface area (Å²) in [7, 11) is 2.02. The molecule has 0 atom stereocenters. The average Bonchev–Trinajstić information content (AvgIpc) is 3.18. The first kappa shape index (κ1) is 16.7. The van der Waals surface area contributed by atoms with E-state index >= 15 is 0 Å². The van der Waals surface area contributed by atoms with Crippen LogP contribution in [0.1, 0.15) is 53.5 Å². The van der Waals surface area contributed by atoms with Gasteiger partial charge in [0.05, 0.1) is 18.6 Å². The summed E-state index contributed by atoms with van der Waals surface area (Å²) >= 11 is 1.96. The summed E-state index contributed by atoms with van der Waals surface area (Å²) in [5, 5.41) is 9.36. The Balaban J connectivity index is 1.63. The summed E-state index contributed by atoms with van der Waals surface area (Å²) in [4.78, 5) is 9.45. The Morgan fingerprint density at radius 2 is 2.09 bits per heavy atom. The molecule has 4 nitrogen and oxygen atoms in total. The molecule has 0 aromatic carbocycles. The van der Waals surface area contributed by atoms with Crippen molar-refractivity contribution in [2.24, 2.45) is 7.05 Å². The zero-order valence-electron chi connectivity index (χ0n) is 13.9. The van der Waals surface area contributed by atoms with Crippen LogP contribution in [0.25, 0.3) is 0 Å². The number of rotatable bonds is 7. The fourth-order valence-electron chi connectivity index (χ4n) is 3.43. The van der Waals surface area contributed by atoms with E-state index in [4.69, 9.17) is 0 Å². The summed E-state index contributed by atoms with van der Waals surface area (Å²) < 4.78 is 2.05. The standard InChI is InChI=1S/C18H27N3OS/c1-20-14-19-11-16(20)12-21(9-10-22)13-17-7-8-18(23-17)15-5-3-2-4-6-15/h7-8,11,14-15,22H,2-6,9-10,12-13H2,1H3. The zero-order chi connectivity index (χ0) is 16.1. The van der Waals surface area contributed by atoms with Gasteiger partial charge in [-0.15, -0.1) is 11.3 Å². The first-order chi connectivity index (χ1) is 11.3. The number of aryl methyl sites for hydroxylation is 1. The van der Waals surface area contributed by atoms with Crippen LogP contribution in [0, 0.1) is 0 Å². The molecule has 1 aliphatic carbocycles. The lowest BCUT2D eigenvalue weighted by atomic mass is 9.88. The van der Waals surface area contributed by atoms with E-state index < -0.39 is 0 Å². The third kappa shape index (κ3) is 4.43. The molecule has 0 unspecified atom stereocenters. The van der Waals surface area contributed by atoms with Gasteiger partial charge in [-0.3, -0.25) is 4.90 Å². The van der Waals surface area contributed by atoms with Crippen LogP contribution in [0.4, 0.5) is 0 Å². The lowest BCUT2D eigenvalue weighted by molar-refractivity contribution is 0.183. The van der Waals surface area contributed by atoms with Gasteiger partial charge in [-0.05, 0) is 30.9 Å². The number of imidazole rings is 1. The van der Waals surface area contributed by atoms with Crippen molar-refractivity contribution in [2.45, 2.75) is 51.1 Å². The molecule has 2 aromatic heterocycles. The van der Waals surface area contributed by atoms with E-state index in [2.05, 4.69) is 22.0 Å². The molecule has 1 fully saturated rings. The van der Waals surface area contributed by atoms with Gasteiger partial charge in [0.15, 0.2) is 0 Å². The summed E-state index contributed by atoms with van der Waals surface area (Å²) in [6.07, 6.45) is 10.6. The van der Waals surface area contributed by atoms with Gasteiger partial charge in [0.25, 0.3) is 0 Å². The van der Waals surface area contributed by atoms with E-state index in [1.807, 2.05) is 35.5 Å². The minimum Gasteiger partial charge on any atom is -0.395 e. The molecule has 0 spiro atoms. The molecule has 1 aliphatic rings. The Labute approximate surface area is 142 Å². The van der Waals surface area contributed by atoms with E-state index in [9.17, 15) is 5.11 Å². The van der Waals surface area contributed by atoms with Crippen molar-refractivity contribution in [2.75, 3.05) is 13.2 Å². The third-order valence-electron chi connectivity index (χ3n) is 4.79. The van der Waals surface area contributed by atoms with E-state index in [-0.39, 0.29) is 6.61 Å². The Morgan fingerprint density at radius 3 is 2.78 bits per heavy atom. The summed E-state index contributed by atoms with van der Waals surface area (Å²) in [6.45, 7) is 2.62. The fourth-order valence-corrected chi connectivity index (χ4v) is 4.65. The second kappa shape index (κ2) is 8.08. The second-order valence-corrected chi connectivity index (χ2v) is 7.77. The van der Waals surface area contributed by atoms with Crippen molar-refractivity contribution in [1.29, 1.82) is 0 Å². The molecule has 1 N–H and O–H groups in total. The van der Waals surface area contributed by atoms with Crippen molar-refractivity contribution in [1.82, 2.24) is 14.5 Å². The highest BCUT2D eigenvalue weighted by Gasteiger charge is 2.18. The topological polar surface area (TPSA) is 41.3 Å². The molecular formula is C18H27N3OS. The van der Waals surface area contributed by atoms with Gasteiger partial charge in [0.1, 0.15) is 0 Å². The minimum atomic E-state index is 0.193. The zero-order valence-corrected chi connectivity index (χ0v) is 14.8. The number of hydrogen-bond donors (Lipinski definition) is 1. The number of nitrogens with zero attached hydrogens (tertiary/aromatic N) is 3. The van der Waals surface area contributed by atoms with E-state index in [0.29, 0.717) is 6.54 Å². The summed E-state index contributed by atoms with van der Waals surface area (Å²) in [6, 6.07) is 4.61. The van der Waals surface area contributed by atoms with Crippen LogP contribution < -0.4 is 0 Å². The Morgan fingerprint density at radius 1 is 1.26 bits per heavy atom. The average molecular weight is 334 g/mol. The quantitative estimate of drug-likeness (QED) is 0.843. The van der Waals surface area contributed by atoms with Crippen LogP contribution in [-0.2, 0) is 20.1 Å². The third-order valence-corrected chi connectivity index (χ3v) is 6.02. The molecule has 2 aromatic rings. The van der Waals surface area contributed by atoms with Crippen molar-refractivity contribution < 1.29 is 5.11 Å². The molecule has 0 saturated heterocycles.